The van der Waals surface area contributed by atoms with Crippen LogP contribution in [0.25, 0.3) is 17.0 Å². The number of nitriles is 1. The minimum atomic E-state index is -0.333. The monoisotopic (exact) mass is 686 g/mol. The van der Waals surface area contributed by atoms with E-state index in [0.29, 0.717) is 44.8 Å². The zero-order valence-corrected chi connectivity index (χ0v) is 28.2. The van der Waals surface area contributed by atoms with E-state index in [9.17, 15) is 10.1 Å². The minimum Gasteiger partial charge on any atom is -0.462 e. The van der Waals surface area contributed by atoms with Gasteiger partial charge in [0.2, 0.25) is 11.2 Å². The van der Waals surface area contributed by atoms with Crippen molar-refractivity contribution in [1.82, 2.24) is 34.5 Å². The van der Waals surface area contributed by atoms with Crippen LogP contribution in [0, 0.1) is 11.3 Å². The van der Waals surface area contributed by atoms with Crippen molar-refractivity contribution in [2.45, 2.75) is 44.3 Å². The highest BCUT2D eigenvalue weighted by Gasteiger charge is 2.34. The smallest absolute Gasteiger partial charge is 0.318 e. The van der Waals surface area contributed by atoms with E-state index in [1.165, 1.54) is 23.3 Å². The Morgan fingerprint density at radius 2 is 1.94 bits per heavy atom. The maximum absolute atomic E-state index is 13.3. The number of carbonyl (C=O) groups excluding carboxylic acids is 1. The van der Waals surface area contributed by atoms with Gasteiger partial charge in [-0.25, -0.2) is 9.67 Å². The van der Waals surface area contributed by atoms with Crippen LogP contribution in [0.15, 0.2) is 48.8 Å². The van der Waals surface area contributed by atoms with E-state index < -0.39 is 0 Å². The molecule has 7 rings (SSSR count). The molecule has 48 heavy (non-hydrogen) atoms. The lowest BCUT2D eigenvalue weighted by molar-refractivity contribution is -0.128. The lowest BCUT2D eigenvalue weighted by Crippen LogP contribution is -2.55. The van der Waals surface area contributed by atoms with Crippen molar-refractivity contribution < 1.29 is 9.53 Å². The lowest BCUT2D eigenvalue weighted by atomic mass is 10.0. The molecule has 0 N–H and O–H groups in total. The second-order valence-corrected chi connectivity index (χ2v) is 13.2. The number of anilines is 2. The summed E-state index contributed by atoms with van der Waals surface area (Å²) in [7, 11) is 2.12. The topological polar surface area (TPSA) is 120 Å². The molecule has 2 aromatic heterocycles. The molecular formula is C34H36Cl2N10O2. The molecule has 3 aliphatic rings. The third kappa shape index (κ3) is 6.63. The van der Waals surface area contributed by atoms with Gasteiger partial charge in [0.05, 0.1) is 35.8 Å². The molecule has 12 nitrogen and oxygen atoms in total. The maximum atomic E-state index is 13.3. The number of halogens is 2. The summed E-state index contributed by atoms with van der Waals surface area (Å²) in [6.45, 7) is 4.34. The maximum Gasteiger partial charge on any atom is 0.318 e. The van der Waals surface area contributed by atoms with Gasteiger partial charge in [-0.15, -0.1) is 5.10 Å². The molecule has 0 bridgehead atoms. The van der Waals surface area contributed by atoms with Gasteiger partial charge in [0.25, 0.3) is 0 Å². The van der Waals surface area contributed by atoms with E-state index in [1.807, 2.05) is 12.1 Å². The molecule has 248 valence electrons. The number of hydrogen-bond acceptors (Lipinski definition) is 10. The van der Waals surface area contributed by atoms with Crippen molar-refractivity contribution >= 4 is 57.6 Å². The fraction of sp³-hybridized carbons (Fsp3) is 0.412. The van der Waals surface area contributed by atoms with Crippen molar-refractivity contribution in [3.8, 4) is 12.1 Å². The van der Waals surface area contributed by atoms with Crippen LogP contribution in [0.4, 0.5) is 11.5 Å². The minimum absolute atomic E-state index is 0.0962. The van der Waals surface area contributed by atoms with Gasteiger partial charge in [-0.3, -0.25) is 4.79 Å². The van der Waals surface area contributed by atoms with Crippen LogP contribution in [0.3, 0.4) is 0 Å². The van der Waals surface area contributed by atoms with Crippen LogP contribution in [0.2, 0.25) is 10.3 Å². The summed E-state index contributed by atoms with van der Waals surface area (Å²) in [6, 6.07) is 14.9. The van der Waals surface area contributed by atoms with Crippen LogP contribution in [-0.4, -0.2) is 98.9 Å². The van der Waals surface area contributed by atoms with Gasteiger partial charge in [-0.2, -0.15) is 15.2 Å². The van der Waals surface area contributed by atoms with Crippen LogP contribution in [-0.2, 0) is 17.8 Å². The molecule has 2 atom stereocenters. The fourth-order valence-corrected chi connectivity index (χ4v) is 7.41. The number of ether oxygens (including phenoxy) is 1. The number of fused-ring (bicyclic) bond motifs is 2. The summed E-state index contributed by atoms with van der Waals surface area (Å²) in [5.74, 6) is 0.605. The highest BCUT2D eigenvalue weighted by Crippen LogP contribution is 2.37. The van der Waals surface area contributed by atoms with E-state index in [2.05, 4.69) is 62.2 Å². The molecule has 1 amide bonds. The van der Waals surface area contributed by atoms with Crippen LogP contribution >= 0.6 is 23.2 Å². The number of rotatable bonds is 8. The number of hydrogen-bond donors (Lipinski definition) is 0. The number of amides is 1. The second kappa shape index (κ2) is 14.0. The summed E-state index contributed by atoms with van der Waals surface area (Å²) in [4.78, 5) is 35.7. The van der Waals surface area contributed by atoms with Crippen molar-refractivity contribution in [2.75, 3.05) is 56.2 Å². The normalized spacial score (nSPS) is 20.0. The highest BCUT2D eigenvalue weighted by atomic mass is 35.5. The zero-order valence-electron chi connectivity index (χ0n) is 26.7. The van der Waals surface area contributed by atoms with Crippen LogP contribution in [0.1, 0.15) is 30.5 Å². The van der Waals surface area contributed by atoms with E-state index in [-0.39, 0.29) is 23.7 Å². The first-order valence-electron chi connectivity index (χ1n) is 16.2. The Kier molecular flexibility index (Phi) is 9.34. The number of nitrogens with zero attached hydrogens (tertiary/aromatic N) is 10. The molecule has 2 aromatic carbocycles. The van der Waals surface area contributed by atoms with Crippen molar-refractivity contribution in [3.05, 3.63) is 70.4 Å². The average Bonchev–Trinajstić information content (AvgIpc) is 3.72. The third-order valence-corrected chi connectivity index (χ3v) is 10.0. The number of benzene rings is 2. The predicted molar refractivity (Wildman–Crippen MR) is 185 cm³/mol. The van der Waals surface area contributed by atoms with E-state index in [1.54, 1.807) is 4.90 Å². The van der Waals surface area contributed by atoms with E-state index in [0.717, 1.165) is 70.9 Å². The number of carbonyl (C=O) groups is 1. The van der Waals surface area contributed by atoms with Gasteiger partial charge < -0.3 is 24.3 Å². The molecule has 0 radical (unpaired) electrons. The molecule has 0 aliphatic carbocycles. The van der Waals surface area contributed by atoms with E-state index >= 15 is 0 Å². The quantitative estimate of drug-likeness (QED) is 0.242. The summed E-state index contributed by atoms with van der Waals surface area (Å²) in [6.07, 6.45) is 7.50. The van der Waals surface area contributed by atoms with Crippen molar-refractivity contribution in [1.29, 1.82) is 5.26 Å². The largest absolute Gasteiger partial charge is 0.462 e. The molecule has 5 heterocycles. The Bertz CT molecular complexity index is 1890. The summed E-state index contributed by atoms with van der Waals surface area (Å²) in [5, 5.41) is 16.6. The second-order valence-electron chi connectivity index (χ2n) is 12.4. The number of likely N-dealkylation sites (tertiary alicyclic amines) is 1. The first kappa shape index (κ1) is 32.1. The molecular weight excluding hydrogens is 651 g/mol. The Labute approximate surface area is 289 Å². The molecule has 2 saturated heterocycles. The van der Waals surface area contributed by atoms with E-state index in [4.69, 9.17) is 37.9 Å². The SMILES string of the molecule is CN1CCC[C@H]1COc1nc2c(c(N3CCN(C(=O)/C=C/n4cnc(Cl)n4)[C@@H](CC#N)C3)n1)CCN(c1cccc3cccc(Cl)c13)C2. The summed E-state index contributed by atoms with van der Waals surface area (Å²) < 4.78 is 7.70. The first-order chi connectivity index (χ1) is 23.4. The standard InChI is InChI=1S/C34H36Cl2N10O2/c1-42-14-4-7-25(42)21-48-34-39-28-20-43(29-9-3-6-23-5-2-8-27(35)31(23)29)15-11-26(28)32(40-34)44-17-18-46(24(19-44)10-13-37)30(47)12-16-45-22-38-33(36)41-45/h2-3,5-6,8-9,12,16,22,24-25H,4,7,10-11,14-15,17-21H2,1H3/b16-12+/t24-,25-/m0/s1. The fourth-order valence-electron chi connectivity index (χ4n) is 7.00. The van der Waals surface area contributed by atoms with Gasteiger partial charge in [0.15, 0.2) is 0 Å². The first-order valence-corrected chi connectivity index (χ1v) is 17.0. The predicted octanol–water partition coefficient (Wildman–Crippen LogP) is 4.67. The Balaban J connectivity index is 1.17. The molecule has 4 aromatic rings. The van der Waals surface area contributed by atoms with Gasteiger partial charge in [0.1, 0.15) is 18.8 Å². The van der Waals surface area contributed by atoms with Crippen LogP contribution < -0.4 is 14.5 Å². The van der Waals surface area contributed by atoms with Gasteiger partial charge >= 0.3 is 6.01 Å². The molecule has 3 aliphatic heterocycles. The summed E-state index contributed by atoms with van der Waals surface area (Å²) >= 11 is 12.5. The average molecular weight is 688 g/mol. The molecule has 0 spiro atoms. The van der Waals surface area contributed by atoms with Gasteiger partial charge in [0, 0.05) is 61.1 Å². The molecule has 0 unspecified atom stereocenters. The van der Waals surface area contributed by atoms with Gasteiger partial charge in [-0.1, -0.05) is 35.9 Å². The molecule has 14 heteroatoms. The van der Waals surface area contributed by atoms with Crippen molar-refractivity contribution in [3.63, 3.8) is 0 Å². The van der Waals surface area contributed by atoms with Crippen molar-refractivity contribution in [2.24, 2.45) is 0 Å². The lowest BCUT2D eigenvalue weighted by Gasteiger charge is -2.42. The molecule has 0 saturated carbocycles. The number of likely N-dealkylation sites (N-methyl/N-ethyl adjacent to an activating group) is 1. The number of aromatic nitrogens is 5. The Hall–Kier alpha value is -4.44. The number of piperazine rings is 1. The summed E-state index contributed by atoms with van der Waals surface area (Å²) in [5.41, 5.74) is 3.05. The Morgan fingerprint density at radius 1 is 1.08 bits per heavy atom. The highest BCUT2D eigenvalue weighted by molar-refractivity contribution is 6.36. The Morgan fingerprint density at radius 3 is 2.71 bits per heavy atom. The third-order valence-electron chi connectivity index (χ3n) is 9.51. The zero-order chi connectivity index (χ0) is 33.2. The molecule has 2 fully saturated rings. The van der Waals surface area contributed by atoms with Gasteiger partial charge in [-0.05, 0) is 62.0 Å². The van der Waals surface area contributed by atoms with Crippen LogP contribution in [0.5, 0.6) is 6.01 Å².